The van der Waals surface area contributed by atoms with Gasteiger partial charge in [0.1, 0.15) is 11.9 Å². The lowest BCUT2D eigenvalue weighted by molar-refractivity contribution is 0.0315. The molecular weight excluding hydrogens is 367 g/mol. The molecule has 0 fully saturated rings. The number of halogens is 2. The van der Waals surface area contributed by atoms with Crippen molar-refractivity contribution in [2.75, 3.05) is 13.1 Å². The SMILES string of the molecule is CC[C@@H](O)CN(Cc1ccc(F)cc1)C[C@H]1CC(c2ccc(Cl)cc2)=NO1. The number of nitrogens with zero attached hydrogens (tertiary/aromatic N) is 2. The van der Waals surface area contributed by atoms with Gasteiger partial charge in [-0.05, 0) is 41.8 Å². The fourth-order valence-corrected chi connectivity index (χ4v) is 3.23. The second kappa shape index (κ2) is 9.31. The van der Waals surface area contributed by atoms with E-state index in [-0.39, 0.29) is 11.9 Å². The Morgan fingerprint density at radius 2 is 1.93 bits per heavy atom. The minimum absolute atomic E-state index is 0.0832. The molecule has 1 aliphatic rings. The van der Waals surface area contributed by atoms with Crippen molar-refractivity contribution in [2.45, 2.75) is 38.5 Å². The first-order chi connectivity index (χ1) is 13.0. The van der Waals surface area contributed by atoms with Gasteiger partial charge in [-0.2, -0.15) is 0 Å². The third-order valence-corrected chi connectivity index (χ3v) is 4.88. The molecule has 0 aromatic heterocycles. The molecule has 3 rings (SSSR count). The third-order valence-electron chi connectivity index (χ3n) is 4.63. The zero-order valence-corrected chi connectivity index (χ0v) is 16.1. The molecule has 0 saturated heterocycles. The van der Waals surface area contributed by atoms with Crippen LogP contribution in [-0.2, 0) is 11.4 Å². The Kier molecular flexibility index (Phi) is 6.83. The van der Waals surface area contributed by atoms with Crippen molar-refractivity contribution in [1.82, 2.24) is 4.90 Å². The van der Waals surface area contributed by atoms with E-state index in [0.29, 0.717) is 37.5 Å². The highest BCUT2D eigenvalue weighted by molar-refractivity contribution is 6.30. The van der Waals surface area contributed by atoms with Crippen molar-refractivity contribution >= 4 is 17.3 Å². The number of benzene rings is 2. The van der Waals surface area contributed by atoms with E-state index in [2.05, 4.69) is 10.1 Å². The predicted molar refractivity (Wildman–Crippen MR) is 105 cm³/mol. The summed E-state index contributed by atoms with van der Waals surface area (Å²) in [5.74, 6) is -0.251. The fraction of sp³-hybridized carbons (Fsp3) is 0.381. The monoisotopic (exact) mass is 390 g/mol. The van der Waals surface area contributed by atoms with E-state index < -0.39 is 6.10 Å². The van der Waals surface area contributed by atoms with Crippen LogP contribution in [0.25, 0.3) is 0 Å². The molecule has 0 unspecified atom stereocenters. The number of aliphatic hydroxyl groups excluding tert-OH is 1. The summed E-state index contributed by atoms with van der Waals surface area (Å²) in [5.41, 5.74) is 2.89. The summed E-state index contributed by atoms with van der Waals surface area (Å²) in [6.07, 6.45) is 0.880. The number of rotatable bonds is 8. The zero-order chi connectivity index (χ0) is 19.2. The molecule has 1 N–H and O–H groups in total. The van der Waals surface area contributed by atoms with E-state index in [9.17, 15) is 9.50 Å². The molecule has 0 bridgehead atoms. The smallest absolute Gasteiger partial charge is 0.145 e. The summed E-state index contributed by atoms with van der Waals surface area (Å²) in [5, 5.41) is 15.0. The Balaban J connectivity index is 1.62. The summed E-state index contributed by atoms with van der Waals surface area (Å²) in [7, 11) is 0. The first-order valence-corrected chi connectivity index (χ1v) is 9.54. The van der Waals surface area contributed by atoms with Gasteiger partial charge in [-0.1, -0.05) is 47.9 Å². The van der Waals surface area contributed by atoms with E-state index in [0.717, 1.165) is 16.8 Å². The highest BCUT2D eigenvalue weighted by atomic mass is 35.5. The molecule has 2 aromatic carbocycles. The van der Waals surface area contributed by atoms with E-state index in [1.165, 1.54) is 12.1 Å². The van der Waals surface area contributed by atoms with Gasteiger partial charge in [-0.3, -0.25) is 4.90 Å². The van der Waals surface area contributed by atoms with Crippen molar-refractivity contribution in [3.63, 3.8) is 0 Å². The Labute approximate surface area is 164 Å². The van der Waals surface area contributed by atoms with Crippen LogP contribution in [0.3, 0.4) is 0 Å². The first kappa shape index (κ1) is 19.8. The lowest BCUT2D eigenvalue weighted by atomic mass is 10.0. The third kappa shape index (κ3) is 5.76. The average molecular weight is 391 g/mol. The minimum Gasteiger partial charge on any atom is -0.392 e. The van der Waals surface area contributed by atoms with Crippen LogP contribution in [-0.4, -0.2) is 41.0 Å². The fourth-order valence-electron chi connectivity index (χ4n) is 3.11. The van der Waals surface area contributed by atoms with Crippen molar-refractivity contribution in [1.29, 1.82) is 0 Å². The molecule has 27 heavy (non-hydrogen) atoms. The molecule has 1 heterocycles. The Morgan fingerprint density at radius 3 is 2.59 bits per heavy atom. The Morgan fingerprint density at radius 1 is 1.22 bits per heavy atom. The standard InChI is InChI=1S/C21H24ClFN2O2/c1-2-19(26)13-25(12-15-3-9-18(23)10-4-15)14-20-11-21(24-27-20)16-5-7-17(22)8-6-16/h3-10,19-20,26H,2,11-14H2,1H3/t19-,20-/m1/s1. The average Bonchev–Trinajstić information content (AvgIpc) is 3.12. The molecule has 2 atom stereocenters. The van der Waals surface area contributed by atoms with Gasteiger partial charge >= 0.3 is 0 Å². The quantitative estimate of drug-likeness (QED) is 0.733. The lowest BCUT2D eigenvalue weighted by Gasteiger charge is -2.26. The minimum atomic E-state index is -0.413. The van der Waals surface area contributed by atoms with Gasteiger partial charge in [0.05, 0.1) is 11.8 Å². The second-order valence-electron chi connectivity index (χ2n) is 6.86. The summed E-state index contributed by atoms with van der Waals surface area (Å²) >= 11 is 5.94. The maximum Gasteiger partial charge on any atom is 0.145 e. The maximum atomic E-state index is 13.1. The summed E-state index contributed by atoms with van der Waals surface area (Å²) in [4.78, 5) is 7.76. The molecule has 0 spiro atoms. The van der Waals surface area contributed by atoms with Crippen molar-refractivity contribution < 1.29 is 14.3 Å². The highest BCUT2D eigenvalue weighted by Gasteiger charge is 2.25. The van der Waals surface area contributed by atoms with Gasteiger partial charge in [0.15, 0.2) is 0 Å². The van der Waals surface area contributed by atoms with Crippen LogP contribution in [0.4, 0.5) is 4.39 Å². The molecule has 0 saturated carbocycles. The Bertz CT molecular complexity index is 765. The maximum absolute atomic E-state index is 13.1. The van der Waals surface area contributed by atoms with Crippen molar-refractivity contribution in [3.05, 3.63) is 70.5 Å². The molecule has 144 valence electrons. The summed E-state index contributed by atoms with van der Waals surface area (Å²) < 4.78 is 13.1. The number of hydrogen-bond donors (Lipinski definition) is 1. The van der Waals surface area contributed by atoms with Crippen molar-refractivity contribution in [3.8, 4) is 0 Å². The number of aliphatic hydroxyl groups is 1. The van der Waals surface area contributed by atoms with E-state index >= 15 is 0 Å². The molecule has 4 nitrogen and oxygen atoms in total. The van der Waals surface area contributed by atoms with Crippen LogP contribution in [0, 0.1) is 5.82 Å². The Hall–Kier alpha value is -1.95. The molecule has 0 aliphatic carbocycles. The molecule has 0 amide bonds. The van der Waals surface area contributed by atoms with Crippen LogP contribution in [0.5, 0.6) is 0 Å². The number of hydrogen-bond acceptors (Lipinski definition) is 4. The molecule has 2 aromatic rings. The van der Waals surface area contributed by atoms with Crippen LogP contribution in [0.15, 0.2) is 53.7 Å². The normalized spacial score (nSPS) is 17.7. The van der Waals surface area contributed by atoms with E-state index in [4.69, 9.17) is 16.4 Å². The lowest BCUT2D eigenvalue weighted by Crippen LogP contribution is -2.37. The zero-order valence-electron chi connectivity index (χ0n) is 15.3. The van der Waals surface area contributed by atoms with Gasteiger partial charge < -0.3 is 9.94 Å². The van der Waals surface area contributed by atoms with Gasteiger partial charge in [-0.15, -0.1) is 0 Å². The van der Waals surface area contributed by atoms with Crippen LogP contribution >= 0.6 is 11.6 Å². The van der Waals surface area contributed by atoms with E-state index in [1.807, 2.05) is 31.2 Å². The van der Waals surface area contributed by atoms with E-state index in [1.54, 1.807) is 12.1 Å². The van der Waals surface area contributed by atoms with Crippen LogP contribution in [0.1, 0.15) is 30.9 Å². The summed E-state index contributed by atoms with van der Waals surface area (Å²) in [6.45, 7) is 3.74. The largest absolute Gasteiger partial charge is 0.392 e. The first-order valence-electron chi connectivity index (χ1n) is 9.17. The number of oxime groups is 1. The molecular formula is C21H24ClFN2O2. The highest BCUT2D eigenvalue weighted by Crippen LogP contribution is 2.20. The van der Waals surface area contributed by atoms with Gasteiger partial charge in [0.25, 0.3) is 0 Å². The van der Waals surface area contributed by atoms with Crippen LogP contribution < -0.4 is 0 Å². The molecule has 6 heteroatoms. The van der Waals surface area contributed by atoms with Crippen molar-refractivity contribution in [2.24, 2.45) is 5.16 Å². The van der Waals surface area contributed by atoms with Gasteiger partial charge in [0, 0.05) is 31.1 Å². The van der Waals surface area contributed by atoms with Crippen LogP contribution in [0.2, 0.25) is 5.02 Å². The topological polar surface area (TPSA) is 45.1 Å². The summed E-state index contributed by atoms with van der Waals surface area (Å²) in [6, 6.07) is 14.0. The molecule has 1 aliphatic heterocycles. The molecule has 0 radical (unpaired) electrons. The van der Waals surface area contributed by atoms with Gasteiger partial charge in [-0.25, -0.2) is 4.39 Å². The predicted octanol–water partition coefficient (Wildman–Crippen LogP) is 4.25. The second-order valence-corrected chi connectivity index (χ2v) is 7.30. The van der Waals surface area contributed by atoms with Gasteiger partial charge in [0.2, 0.25) is 0 Å².